The number of nitrogens with zero attached hydrogens (tertiary/aromatic N) is 4. The van der Waals surface area contributed by atoms with Gasteiger partial charge in [0.2, 0.25) is 0 Å². The van der Waals surface area contributed by atoms with Gasteiger partial charge in [-0.1, -0.05) is 31.0 Å². The van der Waals surface area contributed by atoms with Gasteiger partial charge in [-0.05, 0) is 25.0 Å². The fourth-order valence-corrected chi connectivity index (χ4v) is 4.17. The summed E-state index contributed by atoms with van der Waals surface area (Å²) in [5, 5.41) is 0. The Morgan fingerprint density at radius 3 is 2.89 bits per heavy atom. The van der Waals surface area contributed by atoms with Crippen molar-refractivity contribution < 1.29 is 9.53 Å². The van der Waals surface area contributed by atoms with Crippen molar-refractivity contribution in [3.63, 3.8) is 0 Å². The van der Waals surface area contributed by atoms with Crippen LogP contribution < -0.4 is 4.74 Å². The number of fused-ring (bicyclic) bond motifs is 2. The minimum atomic E-state index is -0.0277. The molecule has 0 spiro atoms. The van der Waals surface area contributed by atoms with E-state index in [0.29, 0.717) is 31.3 Å². The molecule has 6 nitrogen and oxygen atoms in total. The molecule has 1 amide bonds. The standard InChI is InChI=1S/C21H22N4O2/c26-21(24-9-10-27-19-8-4-1-5-15(19)13-24)16-11-18-20(22-12-16)25(14-23-18)17-6-2-3-7-17/h1,4-5,8,11-12,14,17H,2-3,6-7,9-10,13H2. The monoisotopic (exact) mass is 362 g/mol. The summed E-state index contributed by atoms with van der Waals surface area (Å²) in [4.78, 5) is 24.0. The largest absolute Gasteiger partial charge is 0.491 e. The molecule has 138 valence electrons. The first-order chi connectivity index (χ1) is 13.3. The maximum Gasteiger partial charge on any atom is 0.255 e. The number of aromatic nitrogens is 3. The Hall–Kier alpha value is -2.89. The molecule has 0 saturated heterocycles. The summed E-state index contributed by atoms with van der Waals surface area (Å²) in [6.45, 7) is 1.60. The Bertz CT molecular complexity index is 991. The van der Waals surface area contributed by atoms with Crippen LogP contribution in [0.2, 0.25) is 0 Å². The Kier molecular flexibility index (Phi) is 4.03. The van der Waals surface area contributed by atoms with E-state index in [1.54, 1.807) is 6.20 Å². The molecule has 1 aliphatic heterocycles. The van der Waals surface area contributed by atoms with E-state index < -0.39 is 0 Å². The Balaban J connectivity index is 1.42. The normalized spacial score (nSPS) is 17.6. The first kappa shape index (κ1) is 16.3. The second-order valence-electron chi connectivity index (χ2n) is 7.34. The van der Waals surface area contributed by atoms with Gasteiger partial charge in [-0.15, -0.1) is 0 Å². The molecular formula is C21H22N4O2. The van der Waals surface area contributed by atoms with Crippen molar-refractivity contribution in [3.05, 3.63) is 54.0 Å². The molecule has 0 N–H and O–H groups in total. The molecule has 1 fully saturated rings. The van der Waals surface area contributed by atoms with Crippen LogP contribution in [0.4, 0.5) is 0 Å². The quantitative estimate of drug-likeness (QED) is 0.699. The maximum atomic E-state index is 13.1. The van der Waals surface area contributed by atoms with E-state index in [2.05, 4.69) is 14.5 Å². The molecule has 1 aromatic carbocycles. The lowest BCUT2D eigenvalue weighted by atomic mass is 10.1. The van der Waals surface area contributed by atoms with E-state index in [-0.39, 0.29) is 5.91 Å². The summed E-state index contributed by atoms with van der Waals surface area (Å²) in [6, 6.07) is 10.2. The zero-order valence-corrected chi connectivity index (χ0v) is 15.2. The highest BCUT2D eigenvalue weighted by Crippen LogP contribution is 2.31. The van der Waals surface area contributed by atoms with Crippen molar-refractivity contribution in [3.8, 4) is 5.75 Å². The number of amides is 1. The number of rotatable bonds is 2. The molecule has 6 heteroatoms. The van der Waals surface area contributed by atoms with E-state index in [9.17, 15) is 4.79 Å². The average Bonchev–Trinajstić information content (AvgIpc) is 3.31. The van der Waals surface area contributed by atoms with Crippen LogP contribution in [0.1, 0.15) is 47.6 Å². The van der Waals surface area contributed by atoms with Crippen LogP contribution in [0, 0.1) is 0 Å². The van der Waals surface area contributed by atoms with Gasteiger partial charge in [0, 0.05) is 24.3 Å². The number of imidazole rings is 1. The molecule has 3 heterocycles. The molecule has 2 aromatic heterocycles. The number of para-hydroxylation sites is 1. The predicted molar refractivity (Wildman–Crippen MR) is 102 cm³/mol. The SMILES string of the molecule is O=C(c1cnc2c(c1)ncn2C1CCCC1)N1CCOc2ccccc2C1. The highest BCUT2D eigenvalue weighted by atomic mass is 16.5. The second kappa shape index (κ2) is 6.68. The Morgan fingerprint density at radius 1 is 1.15 bits per heavy atom. The van der Waals surface area contributed by atoms with Gasteiger partial charge in [-0.2, -0.15) is 0 Å². The third-order valence-corrected chi connectivity index (χ3v) is 5.62. The van der Waals surface area contributed by atoms with Gasteiger partial charge in [-0.3, -0.25) is 4.79 Å². The van der Waals surface area contributed by atoms with Gasteiger partial charge in [0.25, 0.3) is 5.91 Å². The lowest BCUT2D eigenvalue weighted by molar-refractivity contribution is 0.0733. The van der Waals surface area contributed by atoms with Gasteiger partial charge in [0.1, 0.15) is 17.9 Å². The number of pyridine rings is 1. The molecule has 0 unspecified atom stereocenters. The van der Waals surface area contributed by atoms with Crippen molar-refractivity contribution in [2.75, 3.05) is 13.2 Å². The molecule has 3 aromatic rings. The number of carbonyl (C=O) groups is 1. The summed E-state index contributed by atoms with van der Waals surface area (Å²) in [5.74, 6) is 0.830. The van der Waals surface area contributed by atoms with Gasteiger partial charge in [0.15, 0.2) is 5.65 Å². The molecule has 0 atom stereocenters. The molecule has 5 rings (SSSR count). The number of benzene rings is 1. The number of ether oxygens (including phenoxy) is 1. The van der Waals surface area contributed by atoms with Crippen molar-refractivity contribution in [1.82, 2.24) is 19.4 Å². The molecule has 0 radical (unpaired) electrons. The van der Waals surface area contributed by atoms with E-state index in [1.165, 1.54) is 25.7 Å². The fourth-order valence-electron chi connectivity index (χ4n) is 4.17. The van der Waals surface area contributed by atoms with Gasteiger partial charge < -0.3 is 14.2 Å². The number of hydrogen-bond donors (Lipinski definition) is 0. The highest BCUT2D eigenvalue weighted by molar-refractivity contribution is 5.96. The van der Waals surface area contributed by atoms with Crippen LogP contribution in [0.25, 0.3) is 11.2 Å². The molecule has 0 bridgehead atoms. The first-order valence-electron chi connectivity index (χ1n) is 9.62. The van der Waals surface area contributed by atoms with Crippen LogP contribution >= 0.6 is 0 Å². The summed E-state index contributed by atoms with van der Waals surface area (Å²) in [6.07, 6.45) is 8.45. The van der Waals surface area contributed by atoms with Crippen LogP contribution in [-0.2, 0) is 6.54 Å². The zero-order valence-electron chi connectivity index (χ0n) is 15.2. The van der Waals surface area contributed by atoms with E-state index in [0.717, 1.165) is 22.5 Å². The topological polar surface area (TPSA) is 60.2 Å². The summed E-state index contributed by atoms with van der Waals surface area (Å²) >= 11 is 0. The lowest BCUT2D eigenvalue weighted by Crippen LogP contribution is -2.32. The molecular weight excluding hydrogens is 340 g/mol. The molecule has 1 saturated carbocycles. The number of hydrogen-bond acceptors (Lipinski definition) is 4. The van der Waals surface area contributed by atoms with E-state index in [1.807, 2.05) is 41.6 Å². The highest BCUT2D eigenvalue weighted by Gasteiger charge is 2.23. The summed E-state index contributed by atoms with van der Waals surface area (Å²) < 4.78 is 7.94. The van der Waals surface area contributed by atoms with Crippen LogP contribution in [0.3, 0.4) is 0 Å². The Morgan fingerprint density at radius 2 is 2.00 bits per heavy atom. The smallest absolute Gasteiger partial charge is 0.255 e. The number of carbonyl (C=O) groups excluding carboxylic acids is 1. The van der Waals surface area contributed by atoms with Gasteiger partial charge in [0.05, 0.1) is 18.4 Å². The molecule has 2 aliphatic rings. The first-order valence-corrected chi connectivity index (χ1v) is 9.62. The summed E-state index contributed by atoms with van der Waals surface area (Å²) in [7, 11) is 0. The lowest BCUT2D eigenvalue weighted by Gasteiger charge is -2.19. The maximum absolute atomic E-state index is 13.1. The van der Waals surface area contributed by atoms with Crippen molar-refractivity contribution in [1.29, 1.82) is 0 Å². The van der Waals surface area contributed by atoms with Crippen molar-refractivity contribution in [2.45, 2.75) is 38.3 Å². The second-order valence-corrected chi connectivity index (χ2v) is 7.34. The van der Waals surface area contributed by atoms with E-state index >= 15 is 0 Å². The van der Waals surface area contributed by atoms with Gasteiger partial charge in [-0.25, -0.2) is 9.97 Å². The molecule has 1 aliphatic carbocycles. The fraction of sp³-hybridized carbons (Fsp3) is 0.381. The predicted octanol–water partition coefficient (Wildman–Crippen LogP) is 3.58. The zero-order chi connectivity index (χ0) is 18.2. The minimum Gasteiger partial charge on any atom is -0.491 e. The third kappa shape index (κ3) is 2.95. The Labute approximate surface area is 157 Å². The summed E-state index contributed by atoms with van der Waals surface area (Å²) in [5.41, 5.74) is 3.28. The van der Waals surface area contributed by atoms with Gasteiger partial charge >= 0.3 is 0 Å². The van der Waals surface area contributed by atoms with E-state index in [4.69, 9.17) is 4.74 Å². The van der Waals surface area contributed by atoms with Crippen LogP contribution in [0.5, 0.6) is 5.75 Å². The van der Waals surface area contributed by atoms with Crippen LogP contribution in [-0.4, -0.2) is 38.5 Å². The average molecular weight is 362 g/mol. The van der Waals surface area contributed by atoms with Crippen LogP contribution in [0.15, 0.2) is 42.9 Å². The van der Waals surface area contributed by atoms with Crippen molar-refractivity contribution >= 4 is 17.1 Å². The van der Waals surface area contributed by atoms with Crippen molar-refractivity contribution in [2.24, 2.45) is 0 Å². The third-order valence-electron chi connectivity index (χ3n) is 5.62. The minimum absolute atomic E-state index is 0.0277. The molecule has 27 heavy (non-hydrogen) atoms.